The van der Waals surface area contributed by atoms with E-state index in [1.165, 1.54) is 25.0 Å². The maximum atomic E-state index is 13.6. The van der Waals surface area contributed by atoms with E-state index in [9.17, 15) is 4.79 Å². The van der Waals surface area contributed by atoms with Crippen molar-refractivity contribution in [2.45, 2.75) is 32.1 Å². The van der Waals surface area contributed by atoms with Gasteiger partial charge in [-0.2, -0.15) is 5.10 Å². The molecule has 1 aliphatic carbocycles. The van der Waals surface area contributed by atoms with E-state index in [0.717, 1.165) is 41.5 Å². The first kappa shape index (κ1) is 17.2. The molecule has 5 heteroatoms. The normalized spacial score (nSPS) is 19.4. The molecule has 0 spiro atoms. The predicted octanol–water partition coefficient (Wildman–Crippen LogP) is 4.56. The molecule has 28 heavy (non-hydrogen) atoms. The van der Waals surface area contributed by atoms with Crippen LogP contribution in [-0.2, 0) is 7.05 Å². The lowest BCUT2D eigenvalue weighted by Crippen LogP contribution is -2.39. The molecule has 1 aliphatic heterocycles. The molecule has 1 atom stereocenters. The van der Waals surface area contributed by atoms with Crippen LogP contribution in [0, 0.1) is 5.92 Å². The number of carbonyl (C=O) groups excluding carboxylic acids is 1. The average molecular weight is 372 g/mol. The number of hydrogen-bond donors (Lipinski definition) is 0. The van der Waals surface area contributed by atoms with Crippen LogP contribution >= 0.6 is 0 Å². The van der Waals surface area contributed by atoms with Gasteiger partial charge in [-0.25, -0.2) is 0 Å². The molecule has 2 aliphatic rings. The zero-order chi connectivity index (χ0) is 19.1. The Balaban J connectivity index is 1.61. The van der Waals surface area contributed by atoms with Gasteiger partial charge < -0.3 is 4.90 Å². The second-order valence-corrected chi connectivity index (χ2v) is 7.76. The number of hydrogen-bond acceptors (Lipinski definition) is 3. The maximum Gasteiger partial charge on any atom is 0.261 e. The van der Waals surface area contributed by atoms with Gasteiger partial charge in [-0.3, -0.25) is 14.5 Å². The Hall–Kier alpha value is -2.95. The Morgan fingerprint density at radius 3 is 2.96 bits per heavy atom. The summed E-state index contributed by atoms with van der Waals surface area (Å²) in [5.74, 6) is 0.607. The second kappa shape index (κ2) is 6.89. The van der Waals surface area contributed by atoms with Crippen LogP contribution in [-0.4, -0.2) is 32.1 Å². The third kappa shape index (κ3) is 2.73. The molecule has 1 amide bonds. The molecule has 3 aromatic rings. The van der Waals surface area contributed by atoms with E-state index >= 15 is 0 Å². The number of allylic oxidation sites excluding steroid dienone is 2. The number of pyridine rings is 1. The number of fused-ring (bicyclic) bond motifs is 2. The molecule has 0 bridgehead atoms. The topological polar surface area (TPSA) is 51.0 Å². The number of likely N-dealkylation sites (tertiary alicyclic amines) is 1. The summed E-state index contributed by atoms with van der Waals surface area (Å²) in [6, 6.07) is 10.0. The van der Waals surface area contributed by atoms with Gasteiger partial charge in [0, 0.05) is 36.4 Å². The standard InChI is InChI=1S/C23H24N4O/c1-26-22(18-9-4-11-20-17(18)10-5-13-24-20)19(15-25-26)23(28)27-14-6-8-16-7-2-3-12-21(16)27/h4-5,9-13,15-16H,2-3,6-8,14H2,1H3. The Bertz CT molecular complexity index is 1080. The maximum absolute atomic E-state index is 13.6. The van der Waals surface area contributed by atoms with Crippen LogP contribution in [0.15, 0.2) is 54.5 Å². The first-order chi connectivity index (χ1) is 13.7. The molecule has 2 aromatic heterocycles. The second-order valence-electron chi connectivity index (χ2n) is 7.76. The van der Waals surface area contributed by atoms with E-state index < -0.39 is 0 Å². The van der Waals surface area contributed by atoms with Crippen LogP contribution in [0.2, 0.25) is 0 Å². The molecule has 1 unspecified atom stereocenters. The number of benzene rings is 1. The quantitative estimate of drug-likeness (QED) is 0.663. The Morgan fingerprint density at radius 2 is 2.04 bits per heavy atom. The summed E-state index contributed by atoms with van der Waals surface area (Å²) in [5, 5.41) is 5.49. The average Bonchev–Trinajstić information content (AvgIpc) is 3.13. The van der Waals surface area contributed by atoms with Gasteiger partial charge in [-0.1, -0.05) is 24.3 Å². The SMILES string of the molecule is Cn1ncc(C(=O)N2CCCC3CCCC=C32)c1-c1cccc2ncccc12. The number of carbonyl (C=O) groups is 1. The zero-order valence-corrected chi connectivity index (χ0v) is 16.1. The third-order valence-corrected chi connectivity index (χ3v) is 6.09. The molecular formula is C23H24N4O. The predicted molar refractivity (Wildman–Crippen MR) is 110 cm³/mol. The summed E-state index contributed by atoms with van der Waals surface area (Å²) in [5.41, 5.74) is 4.69. The summed E-state index contributed by atoms with van der Waals surface area (Å²) < 4.78 is 1.81. The van der Waals surface area contributed by atoms with E-state index in [2.05, 4.69) is 28.3 Å². The fraction of sp³-hybridized carbons (Fsp3) is 0.348. The fourth-order valence-electron chi connectivity index (χ4n) is 4.76. The van der Waals surface area contributed by atoms with Crippen molar-refractivity contribution in [2.24, 2.45) is 13.0 Å². The molecule has 3 heterocycles. The highest BCUT2D eigenvalue weighted by Gasteiger charge is 2.33. The number of nitrogens with zero attached hydrogens (tertiary/aromatic N) is 4. The lowest BCUT2D eigenvalue weighted by atomic mass is 9.84. The van der Waals surface area contributed by atoms with Crippen molar-refractivity contribution in [1.82, 2.24) is 19.7 Å². The van der Waals surface area contributed by atoms with Crippen molar-refractivity contribution in [3.8, 4) is 11.3 Å². The van der Waals surface area contributed by atoms with Crippen molar-refractivity contribution in [3.05, 3.63) is 60.1 Å². The van der Waals surface area contributed by atoms with Gasteiger partial charge in [0.2, 0.25) is 0 Å². The minimum atomic E-state index is 0.0712. The lowest BCUT2D eigenvalue weighted by Gasteiger charge is -2.38. The van der Waals surface area contributed by atoms with Crippen molar-refractivity contribution in [1.29, 1.82) is 0 Å². The van der Waals surface area contributed by atoms with E-state index in [1.54, 1.807) is 12.4 Å². The lowest BCUT2D eigenvalue weighted by molar-refractivity contribution is 0.0749. The van der Waals surface area contributed by atoms with Gasteiger partial charge in [0.1, 0.15) is 0 Å². The highest BCUT2D eigenvalue weighted by Crippen LogP contribution is 2.37. The van der Waals surface area contributed by atoms with E-state index in [-0.39, 0.29) is 5.91 Å². The van der Waals surface area contributed by atoms with Crippen molar-refractivity contribution < 1.29 is 4.79 Å². The smallest absolute Gasteiger partial charge is 0.261 e. The van der Waals surface area contributed by atoms with Gasteiger partial charge in [-0.15, -0.1) is 0 Å². The van der Waals surface area contributed by atoms with Crippen LogP contribution in [0.4, 0.5) is 0 Å². The minimum absolute atomic E-state index is 0.0712. The van der Waals surface area contributed by atoms with Crippen LogP contribution < -0.4 is 0 Å². The molecule has 1 saturated heterocycles. The molecule has 142 valence electrons. The van der Waals surface area contributed by atoms with E-state index in [0.29, 0.717) is 11.5 Å². The van der Waals surface area contributed by atoms with Crippen LogP contribution in [0.1, 0.15) is 42.5 Å². The largest absolute Gasteiger partial charge is 0.312 e. The highest BCUT2D eigenvalue weighted by atomic mass is 16.2. The summed E-state index contributed by atoms with van der Waals surface area (Å²) in [7, 11) is 1.90. The van der Waals surface area contributed by atoms with Crippen molar-refractivity contribution in [3.63, 3.8) is 0 Å². The monoisotopic (exact) mass is 372 g/mol. The van der Waals surface area contributed by atoms with Crippen LogP contribution in [0.25, 0.3) is 22.2 Å². The third-order valence-electron chi connectivity index (χ3n) is 6.09. The first-order valence-electron chi connectivity index (χ1n) is 10.1. The van der Waals surface area contributed by atoms with Crippen molar-refractivity contribution in [2.75, 3.05) is 6.54 Å². The molecular weight excluding hydrogens is 348 g/mol. The molecule has 1 aromatic carbocycles. The summed E-state index contributed by atoms with van der Waals surface area (Å²) in [6.45, 7) is 0.798. The van der Waals surface area contributed by atoms with Gasteiger partial charge in [0.15, 0.2) is 0 Å². The molecule has 0 radical (unpaired) electrons. The molecule has 5 nitrogen and oxygen atoms in total. The molecule has 0 N–H and O–H groups in total. The highest BCUT2D eigenvalue weighted by molar-refractivity contribution is 6.05. The number of rotatable bonds is 2. The fourth-order valence-corrected chi connectivity index (χ4v) is 4.76. The Labute approximate surface area is 164 Å². The van der Waals surface area contributed by atoms with Gasteiger partial charge >= 0.3 is 0 Å². The van der Waals surface area contributed by atoms with Gasteiger partial charge in [0.25, 0.3) is 5.91 Å². The molecule has 5 rings (SSSR count). The number of aryl methyl sites for hydroxylation is 1. The van der Waals surface area contributed by atoms with Crippen LogP contribution in [0.3, 0.4) is 0 Å². The number of aromatic nitrogens is 3. The first-order valence-corrected chi connectivity index (χ1v) is 10.1. The number of amides is 1. The summed E-state index contributed by atoms with van der Waals surface area (Å²) >= 11 is 0. The van der Waals surface area contributed by atoms with Gasteiger partial charge in [-0.05, 0) is 50.2 Å². The van der Waals surface area contributed by atoms with E-state index in [1.807, 2.05) is 34.8 Å². The van der Waals surface area contributed by atoms with Gasteiger partial charge in [0.05, 0.1) is 23.0 Å². The van der Waals surface area contributed by atoms with E-state index in [4.69, 9.17) is 0 Å². The Kier molecular flexibility index (Phi) is 4.23. The number of piperidine rings is 1. The van der Waals surface area contributed by atoms with Crippen molar-refractivity contribution >= 4 is 16.8 Å². The molecule has 0 saturated carbocycles. The minimum Gasteiger partial charge on any atom is -0.312 e. The Morgan fingerprint density at radius 1 is 1.14 bits per heavy atom. The molecule has 1 fully saturated rings. The summed E-state index contributed by atoms with van der Waals surface area (Å²) in [4.78, 5) is 20.1. The summed E-state index contributed by atoms with van der Waals surface area (Å²) in [6.07, 6.45) is 11.6. The van der Waals surface area contributed by atoms with Crippen LogP contribution in [0.5, 0.6) is 0 Å². The zero-order valence-electron chi connectivity index (χ0n) is 16.1.